The molecule has 0 spiro atoms. The van der Waals surface area contributed by atoms with Crippen LogP contribution in [-0.2, 0) is 21.0 Å². The lowest BCUT2D eigenvalue weighted by Crippen LogP contribution is -2.44. The number of hydroxylamine groups is 1. The van der Waals surface area contributed by atoms with Gasteiger partial charge in [-0.05, 0) is 31.0 Å². The predicted molar refractivity (Wildman–Crippen MR) is 144 cm³/mol. The van der Waals surface area contributed by atoms with Crippen LogP contribution in [0.1, 0.15) is 36.0 Å². The van der Waals surface area contributed by atoms with E-state index in [9.17, 15) is 14.0 Å². The van der Waals surface area contributed by atoms with Crippen LogP contribution in [0.5, 0.6) is 0 Å². The number of amides is 1. The molecule has 1 saturated heterocycles. The van der Waals surface area contributed by atoms with Crippen molar-refractivity contribution in [2.45, 2.75) is 44.1 Å². The van der Waals surface area contributed by atoms with Crippen LogP contribution < -0.4 is 10.8 Å². The number of hydrogen-bond acceptors (Lipinski definition) is 6. The zero-order chi connectivity index (χ0) is 26.5. The molecule has 38 heavy (non-hydrogen) atoms. The van der Waals surface area contributed by atoms with Gasteiger partial charge in [-0.3, -0.25) is 14.7 Å². The number of carbonyl (C=O) groups is 2. The third-order valence-corrected chi connectivity index (χ3v) is 7.08. The predicted octanol–water partition coefficient (Wildman–Crippen LogP) is 4.05. The first-order valence-corrected chi connectivity index (χ1v) is 12.9. The average Bonchev–Trinajstić information content (AvgIpc) is 3.37. The van der Waals surface area contributed by atoms with Crippen molar-refractivity contribution in [3.05, 3.63) is 102 Å². The molecule has 5 rings (SSSR count). The van der Waals surface area contributed by atoms with E-state index in [0.29, 0.717) is 17.9 Å². The number of fused-ring (bicyclic) bond motifs is 1. The molecular formula is C30H31FN4O3. The van der Waals surface area contributed by atoms with Crippen molar-refractivity contribution in [2.24, 2.45) is 10.7 Å². The number of halogens is 1. The number of alkyl halides is 1. The van der Waals surface area contributed by atoms with Crippen molar-refractivity contribution >= 4 is 23.3 Å². The summed E-state index contributed by atoms with van der Waals surface area (Å²) in [5, 5.41) is 1.62. The van der Waals surface area contributed by atoms with Gasteiger partial charge in [0.25, 0.3) is 5.91 Å². The first-order chi connectivity index (χ1) is 18.5. The van der Waals surface area contributed by atoms with Crippen LogP contribution in [0.25, 0.3) is 0 Å². The number of benzene rings is 3. The standard InChI is InChI=1S/C30H31FN4O3/c31-25(29(32)36)18-26-30(37)38-35(20-23-14-9-17-34(23)19-21-10-3-1-4-11-21)27-16-8-7-15-24(27)28(33-26)22-12-5-2-6-13-22/h1-8,10-13,15-16,23,25-26H,9,14,17-20H2,(H2,32,36)/b33-28+. The molecule has 196 valence electrons. The van der Waals surface area contributed by atoms with Crippen molar-refractivity contribution in [1.82, 2.24) is 4.90 Å². The number of hydrogen-bond donors (Lipinski definition) is 1. The van der Waals surface area contributed by atoms with Gasteiger partial charge >= 0.3 is 5.97 Å². The Balaban J connectivity index is 1.51. The quantitative estimate of drug-likeness (QED) is 0.490. The van der Waals surface area contributed by atoms with Gasteiger partial charge in [-0.15, -0.1) is 0 Å². The number of nitrogens with zero attached hydrogens (tertiary/aromatic N) is 3. The normalized spacial score (nSPS) is 22.0. The van der Waals surface area contributed by atoms with Crippen LogP contribution in [0.4, 0.5) is 10.1 Å². The van der Waals surface area contributed by atoms with Crippen molar-refractivity contribution in [3.8, 4) is 0 Å². The van der Waals surface area contributed by atoms with Crippen molar-refractivity contribution in [3.63, 3.8) is 0 Å². The SMILES string of the molecule is NC(=O)C(F)CC1/N=C(\c2ccccc2)c2ccccc2N(CC2CCCN2Cc2ccccc2)OC1=O. The maximum atomic E-state index is 14.5. The molecule has 3 aromatic rings. The van der Waals surface area contributed by atoms with Crippen molar-refractivity contribution in [1.29, 1.82) is 0 Å². The Hall–Kier alpha value is -4.04. The molecular weight excluding hydrogens is 483 g/mol. The van der Waals surface area contributed by atoms with E-state index in [1.807, 2.05) is 72.8 Å². The molecule has 8 heteroatoms. The number of primary amides is 1. The molecule has 2 aliphatic rings. The van der Waals surface area contributed by atoms with Gasteiger partial charge in [0, 0.05) is 30.1 Å². The smallest absolute Gasteiger partial charge is 0.356 e. The summed E-state index contributed by atoms with van der Waals surface area (Å²) in [6, 6.07) is 26.3. The first kappa shape index (κ1) is 25.6. The maximum Gasteiger partial charge on any atom is 0.356 e. The number of anilines is 1. The van der Waals surface area contributed by atoms with E-state index >= 15 is 0 Å². The van der Waals surface area contributed by atoms with Gasteiger partial charge in [0.15, 0.2) is 12.2 Å². The molecule has 1 fully saturated rings. The van der Waals surface area contributed by atoms with E-state index in [4.69, 9.17) is 10.6 Å². The Kier molecular flexibility index (Phi) is 7.79. The maximum absolute atomic E-state index is 14.5. The molecule has 0 aromatic heterocycles. The molecule has 0 aliphatic carbocycles. The van der Waals surface area contributed by atoms with Crippen LogP contribution in [0, 0.1) is 0 Å². The molecule has 1 amide bonds. The van der Waals surface area contributed by atoms with E-state index in [2.05, 4.69) is 22.0 Å². The summed E-state index contributed by atoms with van der Waals surface area (Å²) >= 11 is 0. The summed E-state index contributed by atoms with van der Waals surface area (Å²) in [6.07, 6.45) is -0.500. The lowest BCUT2D eigenvalue weighted by Gasteiger charge is -2.34. The van der Waals surface area contributed by atoms with E-state index in [0.717, 1.165) is 37.1 Å². The molecule has 0 radical (unpaired) electrons. The second kappa shape index (κ2) is 11.6. The number of rotatable bonds is 8. The molecule has 2 aliphatic heterocycles. The Morgan fingerprint density at radius 3 is 2.45 bits per heavy atom. The zero-order valence-corrected chi connectivity index (χ0v) is 21.1. The Bertz CT molecular complexity index is 1300. The summed E-state index contributed by atoms with van der Waals surface area (Å²) < 4.78 is 14.5. The fraction of sp³-hybridized carbons (Fsp3) is 0.300. The number of likely N-dealkylation sites (tertiary alicyclic amines) is 1. The third kappa shape index (κ3) is 5.75. The van der Waals surface area contributed by atoms with Gasteiger partial charge in [0.1, 0.15) is 0 Å². The second-order valence-corrected chi connectivity index (χ2v) is 9.71. The summed E-state index contributed by atoms with van der Waals surface area (Å²) in [4.78, 5) is 37.8. The molecule has 2 heterocycles. The molecule has 3 atom stereocenters. The van der Waals surface area contributed by atoms with Crippen molar-refractivity contribution in [2.75, 3.05) is 18.2 Å². The van der Waals surface area contributed by atoms with Gasteiger partial charge in [0.05, 0.1) is 17.9 Å². The monoisotopic (exact) mass is 514 g/mol. The zero-order valence-electron chi connectivity index (χ0n) is 21.1. The first-order valence-electron chi connectivity index (χ1n) is 12.9. The molecule has 3 unspecified atom stereocenters. The fourth-order valence-electron chi connectivity index (χ4n) is 5.13. The minimum absolute atomic E-state index is 0.144. The minimum atomic E-state index is -2.02. The topological polar surface area (TPSA) is 88.2 Å². The summed E-state index contributed by atoms with van der Waals surface area (Å²) in [5.41, 5.74) is 9.19. The van der Waals surface area contributed by atoms with Crippen LogP contribution in [0.2, 0.25) is 0 Å². The Morgan fingerprint density at radius 1 is 1.03 bits per heavy atom. The molecule has 0 saturated carbocycles. The van der Waals surface area contributed by atoms with Crippen LogP contribution in [0.3, 0.4) is 0 Å². The van der Waals surface area contributed by atoms with Crippen LogP contribution in [0.15, 0.2) is 89.9 Å². The van der Waals surface area contributed by atoms with Crippen LogP contribution in [-0.4, -0.2) is 53.8 Å². The number of para-hydroxylation sites is 1. The van der Waals surface area contributed by atoms with Crippen molar-refractivity contribution < 1.29 is 18.8 Å². The van der Waals surface area contributed by atoms with Gasteiger partial charge in [-0.25, -0.2) is 14.2 Å². The highest BCUT2D eigenvalue weighted by Crippen LogP contribution is 2.30. The highest BCUT2D eigenvalue weighted by Gasteiger charge is 2.35. The van der Waals surface area contributed by atoms with Gasteiger partial charge < -0.3 is 10.6 Å². The largest absolute Gasteiger partial charge is 0.367 e. The molecule has 0 bridgehead atoms. The van der Waals surface area contributed by atoms with E-state index in [1.165, 1.54) is 5.56 Å². The molecule has 2 N–H and O–H groups in total. The fourth-order valence-corrected chi connectivity index (χ4v) is 5.13. The minimum Gasteiger partial charge on any atom is -0.367 e. The molecule has 7 nitrogen and oxygen atoms in total. The number of carbonyl (C=O) groups excluding carboxylic acids is 2. The van der Waals surface area contributed by atoms with Gasteiger partial charge in [-0.1, -0.05) is 78.9 Å². The average molecular weight is 515 g/mol. The lowest BCUT2D eigenvalue weighted by atomic mass is 9.98. The Labute approximate surface area is 221 Å². The van der Waals surface area contributed by atoms with Gasteiger partial charge in [-0.2, -0.15) is 0 Å². The number of aliphatic imine (C=N–C) groups is 1. The summed E-state index contributed by atoms with van der Waals surface area (Å²) in [5.74, 6) is -1.85. The van der Waals surface area contributed by atoms with Crippen LogP contribution >= 0.6 is 0 Å². The highest BCUT2D eigenvalue weighted by atomic mass is 19.1. The molecule has 3 aromatic carbocycles. The van der Waals surface area contributed by atoms with E-state index in [1.54, 1.807) is 5.06 Å². The van der Waals surface area contributed by atoms with E-state index < -0.39 is 30.5 Å². The summed E-state index contributed by atoms with van der Waals surface area (Å²) in [7, 11) is 0. The highest BCUT2D eigenvalue weighted by molar-refractivity contribution is 6.17. The lowest BCUT2D eigenvalue weighted by molar-refractivity contribution is -0.147. The van der Waals surface area contributed by atoms with Gasteiger partial charge in [0.2, 0.25) is 0 Å². The number of nitrogens with two attached hydrogens (primary N) is 1. The summed E-state index contributed by atoms with van der Waals surface area (Å²) in [6.45, 7) is 2.19. The second-order valence-electron chi connectivity index (χ2n) is 9.71. The third-order valence-electron chi connectivity index (χ3n) is 7.08. The Morgan fingerprint density at radius 2 is 1.71 bits per heavy atom. The van der Waals surface area contributed by atoms with E-state index in [-0.39, 0.29) is 6.04 Å².